The van der Waals surface area contributed by atoms with Crippen molar-refractivity contribution in [3.63, 3.8) is 0 Å². The van der Waals surface area contributed by atoms with Gasteiger partial charge in [0.2, 0.25) is 5.95 Å². The Morgan fingerprint density at radius 2 is 1.56 bits per heavy atom. The summed E-state index contributed by atoms with van der Waals surface area (Å²) in [5, 5.41) is 1.79. The zero-order valence-corrected chi connectivity index (χ0v) is 17.4. The number of rotatable bonds is 4. The predicted octanol–water partition coefficient (Wildman–Crippen LogP) is 4.25. The molecular weight excluding hydrogens is 402 g/mol. The van der Waals surface area contributed by atoms with Gasteiger partial charge in [-0.25, -0.2) is 9.78 Å². The van der Waals surface area contributed by atoms with Gasteiger partial charge < -0.3 is 20.8 Å². The second kappa shape index (κ2) is 7.70. The first kappa shape index (κ1) is 19.6. The Kier molecular flexibility index (Phi) is 4.71. The predicted molar refractivity (Wildman–Crippen MR) is 126 cm³/mol. The topological polar surface area (TPSA) is 109 Å². The molecule has 2 heterocycles. The van der Waals surface area contributed by atoms with Gasteiger partial charge in [-0.1, -0.05) is 36.4 Å². The zero-order valence-electron chi connectivity index (χ0n) is 17.4. The molecule has 158 valence electrons. The molecular formula is C25H21N5O2. The Morgan fingerprint density at radius 1 is 0.875 bits per heavy atom. The van der Waals surface area contributed by atoms with E-state index in [4.69, 9.17) is 16.2 Å². The lowest BCUT2D eigenvalue weighted by Crippen LogP contribution is -2.01. The van der Waals surface area contributed by atoms with Crippen LogP contribution in [0.2, 0.25) is 0 Å². The van der Waals surface area contributed by atoms with E-state index in [9.17, 15) is 4.79 Å². The van der Waals surface area contributed by atoms with Crippen molar-refractivity contribution < 1.29 is 9.53 Å². The number of aromatic nitrogens is 3. The van der Waals surface area contributed by atoms with E-state index in [0.29, 0.717) is 17.9 Å². The van der Waals surface area contributed by atoms with Crippen molar-refractivity contribution in [1.29, 1.82) is 0 Å². The van der Waals surface area contributed by atoms with Gasteiger partial charge in [0.25, 0.3) is 0 Å². The van der Waals surface area contributed by atoms with E-state index in [-0.39, 0.29) is 11.9 Å². The molecule has 0 radical (unpaired) electrons. The van der Waals surface area contributed by atoms with Gasteiger partial charge in [-0.3, -0.25) is 0 Å². The van der Waals surface area contributed by atoms with Crippen LogP contribution in [0.5, 0.6) is 0 Å². The largest absolute Gasteiger partial charge is 0.465 e. The highest BCUT2D eigenvalue weighted by Gasteiger charge is 2.11. The molecule has 0 aliphatic rings. The first-order chi connectivity index (χ1) is 15.5. The number of nitrogens with zero attached hydrogens (tertiary/aromatic N) is 3. The lowest BCUT2D eigenvalue weighted by Gasteiger charge is -2.09. The van der Waals surface area contributed by atoms with Gasteiger partial charge in [0.05, 0.1) is 23.7 Å². The highest BCUT2D eigenvalue weighted by molar-refractivity contribution is 6.07. The second-order valence-electron chi connectivity index (χ2n) is 7.57. The summed E-state index contributed by atoms with van der Waals surface area (Å²) in [7, 11) is 1.38. The molecule has 0 saturated heterocycles. The van der Waals surface area contributed by atoms with Crippen molar-refractivity contribution >= 4 is 39.5 Å². The van der Waals surface area contributed by atoms with Crippen LogP contribution in [0.15, 0.2) is 72.9 Å². The number of fused-ring (bicyclic) bond motifs is 3. The fraction of sp³-hybridized carbons (Fsp3) is 0.0800. The quantitative estimate of drug-likeness (QED) is 0.418. The molecule has 0 amide bonds. The van der Waals surface area contributed by atoms with E-state index < -0.39 is 0 Å². The molecule has 0 bridgehead atoms. The van der Waals surface area contributed by atoms with Crippen LogP contribution in [0.4, 0.5) is 11.8 Å². The maximum Gasteiger partial charge on any atom is 0.337 e. The van der Waals surface area contributed by atoms with Crippen LogP contribution in [0.3, 0.4) is 0 Å². The summed E-state index contributed by atoms with van der Waals surface area (Å²) < 4.78 is 6.92. The Labute approximate surface area is 184 Å². The van der Waals surface area contributed by atoms with Crippen molar-refractivity contribution in [3.05, 3.63) is 84.1 Å². The molecule has 0 fully saturated rings. The van der Waals surface area contributed by atoms with Crippen molar-refractivity contribution in [2.24, 2.45) is 0 Å². The first-order valence-corrected chi connectivity index (χ1v) is 10.1. The fourth-order valence-corrected chi connectivity index (χ4v) is 3.96. The SMILES string of the molecule is COC(=O)c1ccc(-c2ccc(Cn3ccc4c5nc(N)nc(N)c5ccc43)cc2)cc1. The third-order valence-electron chi connectivity index (χ3n) is 5.61. The number of benzene rings is 3. The Hall–Kier alpha value is -4.39. The summed E-state index contributed by atoms with van der Waals surface area (Å²) in [5.41, 5.74) is 17.5. The smallest absolute Gasteiger partial charge is 0.337 e. The van der Waals surface area contributed by atoms with Gasteiger partial charge in [0.15, 0.2) is 0 Å². The highest BCUT2D eigenvalue weighted by Crippen LogP contribution is 2.29. The molecule has 7 heteroatoms. The molecule has 7 nitrogen and oxygen atoms in total. The zero-order chi connectivity index (χ0) is 22.2. The number of hydrogen-bond acceptors (Lipinski definition) is 6. The number of esters is 1. The van der Waals surface area contributed by atoms with Crippen LogP contribution in [0.1, 0.15) is 15.9 Å². The third-order valence-corrected chi connectivity index (χ3v) is 5.61. The van der Waals surface area contributed by atoms with Crippen LogP contribution in [0.25, 0.3) is 32.9 Å². The van der Waals surface area contributed by atoms with Gasteiger partial charge >= 0.3 is 5.97 Å². The molecule has 3 aromatic carbocycles. The number of nitrogens with two attached hydrogens (primary N) is 2. The molecule has 0 aliphatic carbocycles. The average molecular weight is 423 g/mol. The molecule has 0 spiro atoms. The number of anilines is 2. The number of carbonyl (C=O) groups is 1. The number of methoxy groups -OCH3 is 1. The normalized spacial score (nSPS) is 11.2. The maximum absolute atomic E-state index is 11.6. The van der Waals surface area contributed by atoms with Crippen molar-refractivity contribution in [1.82, 2.24) is 14.5 Å². The molecule has 0 saturated carbocycles. The molecule has 32 heavy (non-hydrogen) atoms. The molecule has 5 aromatic rings. The standard InChI is InChI=1S/C25H21N5O2/c1-32-24(31)18-8-6-17(7-9-18)16-4-2-15(3-5-16)14-30-13-12-19-21(30)11-10-20-22(19)28-25(27)29-23(20)26/h2-13H,14H2,1H3,(H4,26,27,28,29). The second-order valence-corrected chi connectivity index (χ2v) is 7.57. The van der Waals surface area contributed by atoms with E-state index in [1.807, 2.05) is 36.5 Å². The van der Waals surface area contributed by atoms with E-state index in [1.165, 1.54) is 12.7 Å². The number of hydrogen-bond donors (Lipinski definition) is 2. The summed E-state index contributed by atoms with van der Waals surface area (Å²) in [6, 6.07) is 21.8. The van der Waals surface area contributed by atoms with E-state index in [2.05, 4.69) is 38.8 Å². The fourth-order valence-electron chi connectivity index (χ4n) is 3.96. The van der Waals surface area contributed by atoms with Crippen LogP contribution in [0, 0.1) is 0 Å². The van der Waals surface area contributed by atoms with E-state index >= 15 is 0 Å². The number of ether oxygens (including phenoxy) is 1. The number of nitrogen functional groups attached to an aromatic ring is 2. The molecule has 5 rings (SSSR count). The summed E-state index contributed by atoms with van der Waals surface area (Å²) >= 11 is 0. The van der Waals surface area contributed by atoms with Gasteiger partial charge in [0.1, 0.15) is 5.82 Å². The lowest BCUT2D eigenvalue weighted by atomic mass is 10.0. The minimum atomic E-state index is -0.338. The van der Waals surface area contributed by atoms with Crippen molar-refractivity contribution in [2.45, 2.75) is 6.54 Å². The highest BCUT2D eigenvalue weighted by atomic mass is 16.5. The molecule has 4 N–H and O–H groups in total. The van der Waals surface area contributed by atoms with Crippen molar-refractivity contribution in [3.8, 4) is 11.1 Å². The Bertz CT molecular complexity index is 1450. The van der Waals surface area contributed by atoms with E-state index in [1.54, 1.807) is 12.1 Å². The van der Waals surface area contributed by atoms with E-state index in [0.717, 1.165) is 32.9 Å². The van der Waals surface area contributed by atoms with Crippen LogP contribution < -0.4 is 11.5 Å². The van der Waals surface area contributed by atoms with Gasteiger partial charge in [-0.2, -0.15) is 4.98 Å². The summed E-state index contributed by atoms with van der Waals surface area (Å²) in [6.45, 7) is 0.715. The van der Waals surface area contributed by atoms with Crippen LogP contribution in [-0.4, -0.2) is 27.6 Å². The maximum atomic E-state index is 11.6. The average Bonchev–Trinajstić information content (AvgIpc) is 3.22. The lowest BCUT2D eigenvalue weighted by molar-refractivity contribution is 0.0601. The Balaban J connectivity index is 1.42. The van der Waals surface area contributed by atoms with Crippen molar-refractivity contribution in [2.75, 3.05) is 18.6 Å². The molecule has 2 aromatic heterocycles. The summed E-state index contributed by atoms with van der Waals surface area (Å²) in [5.74, 6) is 0.221. The third kappa shape index (κ3) is 3.39. The Morgan fingerprint density at radius 3 is 2.25 bits per heavy atom. The number of carbonyl (C=O) groups excluding carboxylic acids is 1. The first-order valence-electron chi connectivity index (χ1n) is 10.1. The van der Waals surface area contributed by atoms with Crippen LogP contribution >= 0.6 is 0 Å². The molecule has 0 unspecified atom stereocenters. The molecule has 0 atom stereocenters. The molecule has 0 aliphatic heterocycles. The minimum absolute atomic E-state index is 0.172. The van der Waals surface area contributed by atoms with Gasteiger partial charge in [-0.15, -0.1) is 0 Å². The summed E-state index contributed by atoms with van der Waals surface area (Å²) in [6.07, 6.45) is 2.04. The van der Waals surface area contributed by atoms with Gasteiger partial charge in [0, 0.05) is 23.5 Å². The van der Waals surface area contributed by atoms with Gasteiger partial charge in [-0.05, 0) is 47.0 Å². The minimum Gasteiger partial charge on any atom is -0.465 e. The monoisotopic (exact) mass is 423 g/mol. The summed E-state index contributed by atoms with van der Waals surface area (Å²) in [4.78, 5) is 20.1. The van der Waals surface area contributed by atoms with Crippen LogP contribution in [-0.2, 0) is 11.3 Å².